The first-order chi connectivity index (χ1) is 14.8. The molecule has 9 heteroatoms. The van der Waals surface area contributed by atoms with E-state index in [1.807, 2.05) is 30.3 Å². The fraction of sp³-hybridized carbons (Fsp3) is 0.182. The minimum atomic E-state index is -3.34. The molecule has 0 saturated heterocycles. The molecule has 0 bridgehead atoms. The molecule has 158 valence electrons. The molecule has 2 aromatic carbocycles. The van der Waals surface area contributed by atoms with Gasteiger partial charge in [0.05, 0.1) is 10.5 Å². The van der Waals surface area contributed by atoms with Crippen LogP contribution >= 0.6 is 0 Å². The maximum Gasteiger partial charge on any atom is 0.272 e. The molecule has 1 aliphatic rings. The van der Waals surface area contributed by atoms with Crippen molar-refractivity contribution in [3.8, 4) is 6.07 Å². The molecule has 3 aromatic rings. The monoisotopic (exact) mass is 437 g/mol. The molecule has 0 aliphatic carbocycles. The maximum atomic E-state index is 13.6. The molecule has 0 spiro atoms. The average Bonchev–Trinajstić information content (AvgIpc) is 3.04. The predicted octanol–water partition coefficient (Wildman–Crippen LogP) is 3.89. The molecule has 0 fully saturated rings. The summed E-state index contributed by atoms with van der Waals surface area (Å²) in [6.07, 6.45) is 2.56. The lowest BCUT2D eigenvalue weighted by Crippen LogP contribution is -2.26. The molecule has 2 heterocycles. The zero-order valence-corrected chi connectivity index (χ0v) is 17.5. The van der Waals surface area contributed by atoms with Crippen molar-refractivity contribution in [3.05, 3.63) is 82.9 Å². The first kappa shape index (κ1) is 20.8. The lowest BCUT2D eigenvalue weighted by Gasteiger charge is -2.17. The van der Waals surface area contributed by atoms with E-state index in [4.69, 9.17) is 10.0 Å². The summed E-state index contributed by atoms with van der Waals surface area (Å²) in [6, 6.07) is 14.7. The second-order valence-electron chi connectivity index (χ2n) is 7.37. The highest BCUT2D eigenvalue weighted by Gasteiger charge is 2.31. The Morgan fingerprint density at radius 1 is 1.32 bits per heavy atom. The number of carbonyl (C=O) groups excluding carboxylic acids is 1. The zero-order valence-electron chi connectivity index (χ0n) is 16.7. The van der Waals surface area contributed by atoms with E-state index in [2.05, 4.69) is 10.0 Å². The summed E-state index contributed by atoms with van der Waals surface area (Å²) < 4.78 is 39.8. The second-order valence-corrected chi connectivity index (χ2v) is 9.16. The standard InChI is InChI=1S/C22H20FN5O2S/c1-28-13-20-17(8-10-19(27-31(20,25)30)14-5-3-2-4-6-14)21(28)22(29)26-16-7-9-18(23)15(11-16)12-24/h2-7,9,11,13,19H,8,10H2,1H3,(H,26,29)(H2,25,27,30)/t19-,31?/m1/s1. The Morgan fingerprint density at radius 3 is 2.77 bits per heavy atom. The van der Waals surface area contributed by atoms with Crippen molar-refractivity contribution in [1.82, 2.24) is 9.29 Å². The molecule has 31 heavy (non-hydrogen) atoms. The van der Waals surface area contributed by atoms with Crippen molar-refractivity contribution in [2.45, 2.75) is 23.8 Å². The minimum absolute atomic E-state index is 0.174. The molecule has 0 radical (unpaired) electrons. The third kappa shape index (κ3) is 3.95. The highest BCUT2D eigenvalue weighted by molar-refractivity contribution is 7.90. The van der Waals surface area contributed by atoms with Gasteiger partial charge in [0.25, 0.3) is 5.91 Å². The van der Waals surface area contributed by atoms with Gasteiger partial charge in [-0.25, -0.2) is 18.1 Å². The molecule has 3 N–H and O–H groups in total. The Hall–Kier alpha value is -3.48. The van der Waals surface area contributed by atoms with Crippen LogP contribution in [0.1, 0.15) is 39.6 Å². The Morgan fingerprint density at radius 2 is 2.06 bits per heavy atom. The Bertz CT molecular complexity index is 1310. The van der Waals surface area contributed by atoms with Crippen LogP contribution in [0.5, 0.6) is 0 Å². The van der Waals surface area contributed by atoms with Gasteiger partial charge >= 0.3 is 0 Å². The summed E-state index contributed by atoms with van der Waals surface area (Å²) in [5.74, 6) is -1.15. The van der Waals surface area contributed by atoms with Gasteiger partial charge in [-0.1, -0.05) is 30.3 Å². The highest BCUT2D eigenvalue weighted by Crippen LogP contribution is 2.32. The number of rotatable bonds is 3. The number of nitrogens with one attached hydrogen (secondary N) is 3. The van der Waals surface area contributed by atoms with Crippen LogP contribution in [0.15, 0.2) is 59.6 Å². The Kier molecular flexibility index (Phi) is 5.35. The van der Waals surface area contributed by atoms with E-state index in [0.717, 1.165) is 11.6 Å². The highest BCUT2D eigenvalue weighted by atomic mass is 32.2. The van der Waals surface area contributed by atoms with E-state index in [9.17, 15) is 13.4 Å². The van der Waals surface area contributed by atoms with Crippen LogP contribution in [0.25, 0.3) is 0 Å². The van der Waals surface area contributed by atoms with Gasteiger partial charge in [0.2, 0.25) is 0 Å². The smallest absolute Gasteiger partial charge is 0.272 e. The van der Waals surface area contributed by atoms with Gasteiger partial charge in [-0.15, -0.1) is 0 Å². The van der Waals surface area contributed by atoms with E-state index >= 15 is 0 Å². The van der Waals surface area contributed by atoms with Crippen LogP contribution in [-0.4, -0.2) is 14.7 Å². The summed E-state index contributed by atoms with van der Waals surface area (Å²) in [6.45, 7) is 0. The SMILES string of the molecule is Cn1cc2c(c1C(=O)Nc1ccc(F)c(C#N)c1)CC[C@H](c1ccccc1)NS2(=N)=O. The van der Waals surface area contributed by atoms with E-state index in [1.54, 1.807) is 23.9 Å². The van der Waals surface area contributed by atoms with Gasteiger partial charge in [-0.2, -0.15) is 5.26 Å². The molecule has 1 amide bonds. The van der Waals surface area contributed by atoms with E-state index in [-0.39, 0.29) is 27.9 Å². The van der Waals surface area contributed by atoms with Gasteiger partial charge in [-0.3, -0.25) is 4.79 Å². The fourth-order valence-electron chi connectivity index (χ4n) is 3.84. The lowest BCUT2D eigenvalue weighted by molar-refractivity contribution is 0.101. The molecular formula is C22H20FN5O2S. The second kappa shape index (κ2) is 7.98. The summed E-state index contributed by atoms with van der Waals surface area (Å²) in [5, 5.41) is 11.7. The lowest BCUT2D eigenvalue weighted by atomic mass is 9.99. The fourth-order valence-corrected chi connectivity index (χ4v) is 5.48. The van der Waals surface area contributed by atoms with Crippen LogP contribution in [0.3, 0.4) is 0 Å². The molecule has 1 aliphatic heterocycles. The number of hydrogen-bond donors (Lipinski definition) is 3. The number of aromatic nitrogens is 1. The Labute approximate surface area is 179 Å². The number of fused-ring (bicyclic) bond motifs is 1. The van der Waals surface area contributed by atoms with E-state index in [0.29, 0.717) is 18.4 Å². The number of halogens is 1. The first-order valence-corrected chi connectivity index (χ1v) is 11.2. The van der Waals surface area contributed by atoms with Gasteiger partial charge in [0.15, 0.2) is 0 Å². The number of hydrogen-bond acceptors (Lipinski definition) is 4. The first-order valence-electron chi connectivity index (χ1n) is 9.60. The van der Waals surface area contributed by atoms with Gasteiger partial charge in [0, 0.05) is 30.5 Å². The normalized spacial score (nSPS) is 20.4. The van der Waals surface area contributed by atoms with Crippen molar-refractivity contribution in [2.75, 3.05) is 5.32 Å². The van der Waals surface area contributed by atoms with Gasteiger partial charge in [-0.05, 0) is 36.6 Å². The maximum absolute atomic E-state index is 13.6. The molecular weight excluding hydrogens is 417 g/mol. The molecule has 7 nitrogen and oxygen atoms in total. The topological polar surface area (TPSA) is 111 Å². The van der Waals surface area contributed by atoms with Crippen molar-refractivity contribution in [1.29, 1.82) is 10.0 Å². The average molecular weight is 438 g/mol. The van der Waals surface area contributed by atoms with Crippen molar-refractivity contribution >= 4 is 21.5 Å². The third-order valence-electron chi connectivity index (χ3n) is 5.31. The summed E-state index contributed by atoms with van der Waals surface area (Å²) in [7, 11) is -1.69. The van der Waals surface area contributed by atoms with Gasteiger partial charge in [0.1, 0.15) is 27.5 Å². The number of nitrogens with zero attached hydrogens (tertiary/aromatic N) is 2. The minimum Gasteiger partial charge on any atom is -0.345 e. The Balaban J connectivity index is 1.68. The molecule has 2 atom stereocenters. The van der Waals surface area contributed by atoms with E-state index in [1.165, 1.54) is 12.1 Å². The van der Waals surface area contributed by atoms with Crippen LogP contribution in [0, 0.1) is 21.9 Å². The summed E-state index contributed by atoms with van der Waals surface area (Å²) in [5.41, 5.74) is 1.87. The van der Waals surface area contributed by atoms with E-state index < -0.39 is 21.6 Å². The molecule has 1 aromatic heterocycles. The van der Waals surface area contributed by atoms with Crippen molar-refractivity contribution in [3.63, 3.8) is 0 Å². The molecule has 1 unspecified atom stereocenters. The summed E-state index contributed by atoms with van der Waals surface area (Å²) in [4.78, 5) is 13.3. The molecule has 0 saturated carbocycles. The number of aryl methyl sites for hydroxylation is 1. The van der Waals surface area contributed by atoms with Crippen LogP contribution in [0.2, 0.25) is 0 Å². The number of benzene rings is 2. The molecule has 4 rings (SSSR count). The van der Waals surface area contributed by atoms with Gasteiger partial charge < -0.3 is 9.88 Å². The number of anilines is 1. The van der Waals surface area contributed by atoms with Crippen molar-refractivity contribution < 1.29 is 13.4 Å². The number of carbonyl (C=O) groups is 1. The third-order valence-corrected chi connectivity index (χ3v) is 6.90. The predicted molar refractivity (Wildman–Crippen MR) is 114 cm³/mol. The van der Waals surface area contributed by atoms with Crippen molar-refractivity contribution in [2.24, 2.45) is 7.05 Å². The van der Waals surface area contributed by atoms with Crippen LogP contribution < -0.4 is 10.0 Å². The van der Waals surface area contributed by atoms with Crippen LogP contribution in [0.4, 0.5) is 10.1 Å². The largest absolute Gasteiger partial charge is 0.345 e. The zero-order chi connectivity index (χ0) is 22.2. The summed E-state index contributed by atoms with van der Waals surface area (Å²) >= 11 is 0. The van der Waals surface area contributed by atoms with Crippen LogP contribution in [-0.2, 0) is 23.4 Å². The number of amides is 1. The quantitative estimate of drug-likeness (QED) is 0.578. The number of nitriles is 1.